The van der Waals surface area contributed by atoms with Crippen LogP contribution in [0.4, 0.5) is 0 Å². The maximum atomic E-state index is 3.74. The lowest BCUT2D eigenvalue weighted by Gasteiger charge is -1.41. The monoisotopic (exact) mass is 325 g/mol. The Morgan fingerprint density at radius 1 is 1.12 bits per heavy atom. The summed E-state index contributed by atoms with van der Waals surface area (Å²) in [5.41, 5.74) is 1.79. The first-order valence-corrected chi connectivity index (χ1v) is 2.26. The van der Waals surface area contributed by atoms with Crippen molar-refractivity contribution in [3.8, 4) is 0 Å². The second kappa shape index (κ2) is 10.9. The van der Waals surface area contributed by atoms with Crippen LogP contribution in [0.1, 0.15) is 0 Å². The van der Waals surface area contributed by atoms with Crippen LogP contribution in [0, 0.1) is 0 Å². The molecule has 1 heterocycles. The summed E-state index contributed by atoms with van der Waals surface area (Å²) >= 11 is 1.60. The van der Waals surface area contributed by atoms with Crippen molar-refractivity contribution in [3.63, 3.8) is 0 Å². The molecule has 5 heteroatoms. The summed E-state index contributed by atoms with van der Waals surface area (Å²) in [6, 6.07) is 0. The van der Waals surface area contributed by atoms with Gasteiger partial charge in [-0.25, -0.2) is 0 Å². The molecule has 1 aromatic heterocycles. The molecule has 0 bridgehead atoms. The Balaban J connectivity index is -0.0000000833. The van der Waals surface area contributed by atoms with Crippen molar-refractivity contribution >= 4 is 62.3 Å². The third-order valence-corrected chi connectivity index (χ3v) is 0.869. The standard InChI is InChI=1S/C3H3NS.3BrH/c1-2-5-3-4-1;;;/h1-3H;3*1H. The van der Waals surface area contributed by atoms with Gasteiger partial charge in [-0.2, -0.15) is 0 Å². The third kappa shape index (κ3) is 7.07. The van der Waals surface area contributed by atoms with E-state index in [4.69, 9.17) is 0 Å². The topological polar surface area (TPSA) is 12.9 Å². The van der Waals surface area contributed by atoms with E-state index in [1.165, 1.54) is 0 Å². The van der Waals surface area contributed by atoms with Gasteiger partial charge in [0.05, 0.1) is 5.51 Å². The van der Waals surface area contributed by atoms with Gasteiger partial charge in [-0.3, -0.25) is 4.98 Å². The lowest BCUT2D eigenvalue weighted by Crippen LogP contribution is -1.38. The van der Waals surface area contributed by atoms with Gasteiger partial charge in [0.15, 0.2) is 0 Å². The van der Waals surface area contributed by atoms with Gasteiger partial charge in [0, 0.05) is 11.6 Å². The van der Waals surface area contributed by atoms with Crippen LogP contribution < -0.4 is 0 Å². The van der Waals surface area contributed by atoms with E-state index >= 15 is 0 Å². The zero-order valence-electron chi connectivity index (χ0n) is 3.81. The molecule has 0 saturated carbocycles. The highest BCUT2D eigenvalue weighted by Crippen LogP contribution is 1.85. The molecule has 1 aromatic rings. The SMILES string of the molecule is Br.Br.Br.c1cscn1. The van der Waals surface area contributed by atoms with Gasteiger partial charge >= 0.3 is 0 Å². The van der Waals surface area contributed by atoms with E-state index in [1.54, 1.807) is 23.0 Å². The van der Waals surface area contributed by atoms with Gasteiger partial charge in [0.2, 0.25) is 0 Å². The van der Waals surface area contributed by atoms with Gasteiger partial charge in [-0.05, 0) is 0 Å². The molecule has 0 spiro atoms. The number of thiazole rings is 1. The number of halogens is 3. The van der Waals surface area contributed by atoms with E-state index < -0.39 is 0 Å². The predicted molar refractivity (Wildman–Crippen MR) is 53.1 cm³/mol. The van der Waals surface area contributed by atoms with Crippen LogP contribution >= 0.6 is 62.3 Å². The summed E-state index contributed by atoms with van der Waals surface area (Å²) in [4.78, 5) is 3.74. The van der Waals surface area contributed by atoms with E-state index in [0.29, 0.717) is 0 Å². The Bertz CT molecular complexity index is 71.0. The average Bonchev–Trinajstić information content (AvgIpc) is 1.76. The van der Waals surface area contributed by atoms with Crippen LogP contribution in [0.25, 0.3) is 0 Å². The molecule has 0 N–H and O–H groups in total. The highest BCUT2D eigenvalue weighted by Gasteiger charge is 1.59. The maximum absolute atomic E-state index is 3.74. The zero-order chi connectivity index (χ0) is 3.54. The summed E-state index contributed by atoms with van der Waals surface area (Å²) in [7, 11) is 0. The number of nitrogens with zero attached hydrogens (tertiary/aromatic N) is 1. The van der Waals surface area contributed by atoms with Gasteiger partial charge in [0.25, 0.3) is 0 Å². The minimum Gasteiger partial charge on any atom is -0.253 e. The molecule has 1 rings (SSSR count). The van der Waals surface area contributed by atoms with E-state index in [2.05, 4.69) is 4.98 Å². The Morgan fingerprint density at radius 3 is 1.88 bits per heavy atom. The molecule has 0 aliphatic heterocycles. The van der Waals surface area contributed by atoms with Gasteiger partial charge in [-0.1, -0.05) is 0 Å². The van der Waals surface area contributed by atoms with Crippen LogP contribution in [0.2, 0.25) is 0 Å². The Hall–Kier alpha value is 1.07. The van der Waals surface area contributed by atoms with Crippen LogP contribution in [-0.2, 0) is 0 Å². The Morgan fingerprint density at radius 2 is 1.75 bits per heavy atom. The molecular formula is C3H6Br3NS. The molecule has 0 aliphatic rings. The first kappa shape index (κ1) is 16.0. The van der Waals surface area contributed by atoms with E-state index in [1.807, 2.05) is 5.38 Å². The van der Waals surface area contributed by atoms with Crippen molar-refractivity contribution in [2.45, 2.75) is 0 Å². The van der Waals surface area contributed by atoms with Crippen molar-refractivity contribution in [2.24, 2.45) is 0 Å². The Labute approximate surface area is 83.8 Å². The van der Waals surface area contributed by atoms with Crippen molar-refractivity contribution in [2.75, 3.05) is 0 Å². The molecule has 0 aromatic carbocycles. The van der Waals surface area contributed by atoms with Gasteiger partial charge < -0.3 is 0 Å². The molecular weight excluding hydrogens is 322 g/mol. The molecule has 50 valence electrons. The molecule has 0 amide bonds. The van der Waals surface area contributed by atoms with Crippen LogP contribution in [0.15, 0.2) is 17.1 Å². The summed E-state index contributed by atoms with van der Waals surface area (Å²) in [6.07, 6.45) is 1.77. The van der Waals surface area contributed by atoms with Crippen molar-refractivity contribution in [3.05, 3.63) is 17.1 Å². The molecule has 1 nitrogen and oxygen atoms in total. The highest BCUT2D eigenvalue weighted by atomic mass is 79.9. The summed E-state index contributed by atoms with van der Waals surface area (Å²) in [5.74, 6) is 0. The second-order valence-electron chi connectivity index (χ2n) is 0.676. The number of rotatable bonds is 0. The van der Waals surface area contributed by atoms with Crippen LogP contribution in [-0.4, -0.2) is 4.98 Å². The quantitative estimate of drug-likeness (QED) is 0.714. The maximum Gasteiger partial charge on any atom is 0.0791 e. The third-order valence-electron chi connectivity index (χ3n) is 0.347. The largest absolute Gasteiger partial charge is 0.253 e. The summed E-state index contributed by atoms with van der Waals surface area (Å²) in [6.45, 7) is 0. The van der Waals surface area contributed by atoms with Gasteiger partial charge in [-0.15, -0.1) is 62.3 Å². The first-order valence-electron chi connectivity index (χ1n) is 1.32. The number of hydrogen-bond acceptors (Lipinski definition) is 2. The van der Waals surface area contributed by atoms with E-state index in [-0.39, 0.29) is 50.9 Å². The number of hydrogen-bond donors (Lipinski definition) is 0. The molecule has 0 fully saturated rings. The minimum absolute atomic E-state index is 0. The number of aromatic nitrogens is 1. The fraction of sp³-hybridized carbons (Fsp3) is 0. The molecule has 0 unspecified atom stereocenters. The predicted octanol–water partition coefficient (Wildman–Crippen LogP) is 2.88. The second-order valence-corrected chi connectivity index (χ2v) is 1.43. The lowest BCUT2D eigenvalue weighted by molar-refractivity contribution is 1.43. The molecule has 0 radical (unpaired) electrons. The first-order chi connectivity index (χ1) is 2.50. The fourth-order valence-electron chi connectivity index (χ4n) is 0.176. The average molecular weight is 328 g/mol. The zero-order valence-corrected chi connectivity index (χ0v) is 9.77. The molecule has 8 heavy (non-hydrogen) atoms. The molecule has 0 aliphatic carbocycles. The fourth-order valence-corrected chi connectivity index (χ4v) is 0.527. The molecule has 0 saturated heterocycles. The highest BCUT2D eigenvalue weighted by molar-refractivity contribution is 8.93. The van der Waals surface area contributed by atoms with E-state index in [9.17, 15) is 0 Å². The minimum atomic E-state index is 0. The van der Waals surface area contributed by atoms with Crippen molar-refractivity contribution in [1.82, 2.24) is 4.98 Å². The normalized spacial score (nSPS) is 5.00. The Kier molecular flexibility index (Phi) is 21.9. The lowest BCUT2D eigenvalue weighted by atomic mass is 11.0. The summed E-state index contributed by atoms with van der Waals surface area (Å²) in [5, 5.41) is 1.93. The summed E-state index contributed by atoms with van der Waals surface area (Å²) < 4.78 is 0. The molecule has 0 atom stereocenters. The van der Waals surface area contributed by atoms with Crippen molar-refractivity contribution in [1.29, 1.82) is 0 Å². The van der Waals surface area contributed by atoms with Crippen LogP contribution in [0.5, 0.6) is 0 Å². The smallest absolute Gasteiger partial charge is 0.0791 e. The van der Waals surface area contributed by atoms with Crippen LogP contribution in [0.3, 0.4) is 0 Å². The van der Waals surface area contributed by atoms with Gasteiger partial charge in [0.1, 0.15) is 0 Å². The van der Waals surface area contributed by atoms with E-state index in [0.717, 1.165) is 0 Å². The van der Waals surface area contributed by atoms with Crippen molar-refractivity contribution < 1.29 is 0 Å².